The lowest BCUT2D eigenvalue weighted by Crippen LogP contribution is -2.67. The van der Waals surface area contributed by atoms with Crippen molar-refractivity contribution in [1.82, 2.24) is 9.13 Å². The van der Waals surface area contributed by atoms with Gasteiger partial charge in [0.15, 0.2) is 0 Å². The van der Waals surface area contributed by atoms with Gasteiger partial charge < -0.3 is 24.7 Å². The molecule has 1 aromatic heterocycles. The van der Waals surface area contributed by atoms with Gasteiger partial charge in [-0.15, -0.1) is 0 Å². The average Bonchev–Trinajstić information content (AvgIpc) is 3.49. The Balaban J connectivity index is 1.45. The lowest BCUT2D eigenvalue weighted by Gasteiger charge is -2.43. The van der Waals surface area contributed by atoms with Crippen LogP contribution in [0.1, 0.15) is 44.5 Å². The van der Waals surface area contributed by atoms with Crippen molar-refractivity contribution in [1.29, 1.82) is 0 Å². The lowest BCUT2D eigenvalue weighted by molar-refractivity contribution is -0.0429. The van der Waals surface area contributed by atoms with Gasteiger partial charge >= 0.3 is 5.69 Å². The van der Waals surface area contributed by atoms with E-state index >= 15 is 0 Å². The van der Waals surface area contributed by atoms with Crippen molar-refractivity contribution in [2.45, 2.75) is 70.9 Å². The number of rotatable bonds is 12. The smallest absolute Gasteiger partial charge is 0.335 e. The van der Waals surface area contributed by atoms with Crippen molar-refractivity contribution in [3.05, 3.63) is 129 Å². The van der Waals surface area contributed by atoms with Crippen LogP contribution in [0.25, 0.3) is 0 Å². The van der Waals surface area contributed by atoms with Crippen LogP contribution < -0.4 is 27.4 Å². The summed E-state index contributed by atoms with van der Waals surface area (Å²) in [6.07, 6.45) is -0.288. The van der Waals surface area contributed by atoms with Crippen LogP contribution in [-0.2, 0) is 27.2 Å². The molecule has 0 spiro atoms. The highest BCUT2D eigenvalue weighted by molar-refractivity contribution is 6.99. The Bertz CT molecular complexity index is 1650. The lowest BCUT2D eigenvalue weighted by atomic mass is 9.94. The Hall–Kier alpha value is -3.64. The van der Waals surface area contributed by atoms with Crippen molar-refractivity contribution in [3.63, 3.8) is 0 Å². The highest BCUT2D eigenvalue weighted by Crippen LogP contribution is 2.39. The van der Waals surface area contributed by atoms with E-state index < -0.39 is 43.9 Å². The monoisotopic (exact) mass is 643 g/mol. The van der Waals surface area contributed by atoms with Crippen LogP contribution in [-0.4, -0.2) is 47.9 Å². The van der Waals surface area contributed by atoms with Crippen molar-refractivity contribution in [2.24, 2.45) is 11.7 Å². The number of nitrogens with zero attached hydrogens (tertiary/aromatic N) is 2. The number of aliphatic hydroxyl groups excluding tert-OH is 1. The van der Waals surface area contributed by atoms with Gasteiger partial charge in [-0.05, 0) is 27.9 Å². The summed E-state index contributed by atoms with van der Waals surface area (Å²) in [5.41, 5.74) is 6.33. The first-order valence-electron chi connectivity index (χ1n) is 15.8. The molecule has 0 saturated carbocycles. The summed E-state index contributed by atoms with van der Waals surface area (Å²) in [6, 6.07) is 30.2. The summed E-state index contributed by atoms with van der Waals surface area (Å²) in [5.74, 6) is -0.393. The highest BCUT2D eigenvalue weighted by Gasteiger charge is 2.51. The molecule has 1 fully saturated rings. The van der Waals surface area contributed by atoms with Gasteiger partial charge in [0.05, 0.1) is 25.4 Å². The average molecular weight is 644 g/mol. The largest absolute Gasteiger partial charge is 0.405 e. The molecule has 244 valence electrons. The van der Waals surface area contributed by atoms with Gasteiger partial charge in [0.25, 0.3) is 13.9 Å². The SMILES string of the molecule is Cc1cn([C@H]2C[C@H](C(O)CN)[C@@H](CO[Si](c3ccccc3)(c3ccccc3)C(C)(C)C)O2)c(=O)n(COCc2ccccc2)c1=O. The fourth-order valence-corrected chi connectivity index (χ4v) is 11.1. The van der Waals surface area contributed by atoms with E-state index in [2.05, 4.69) is 45.0 Å². The van der Waals surface area contributed by atoms with Gasteiger partial charge in [-0.1, -0.05) is 112 Å². The van der Waals surface area contributed by atoms with Gasteiger partial charge in [-0.2, -0.15) is 0 Å². The minimum Gasteiger partial charge on any atom is -0.405 e. The van der Waals surface area contributed by atoms with E-state index in [0.29, 0.717) is 12.0 Å². The molecule has 1 saturated heterocycles. The van der Waals surface area contributed by atoms with E-state index in [1.807, 2.05) is 66.7 Å². The van der Waals surface area contributed by atoms with Crippen LogP contribution in [0.4, 0.5) is 0 Å². The Labute approximate surface area is 271 Å². The van der Waals surface area contributed by atoms with Gasteiger partial charge in [0, 0.05) is 30.6 Å². The first-order valence-corrected chi connectivity index (χ1v) is 17.7. The quantitative estimate of drug-likeness (QED) is 0.228. The number of hydrogen-bond donors (Lipinski definition) is 2. The highest BCUT2D eigenvalue weighted by atomic mass is 28.4. The van der Waals surface area contributed by atoms with Crippen molar-refractivity contribution < 1.29 is 19.0 Å². The summed E-state index contributed by atoms with van der Waals surface area (Å²) in [7, 11) is -2.90. The van der Waals surface area contributed by atoms with Gasteiger partial charge in [0.2, 0.25) is 0 Å². The third-order valence-electron chi connectivity index (χ3n) is 8.91. The van der Waals surface area contributed by atoms with E-state index in [9.17, 15) is 14.7 Å². The molecule has 9 nitrogen and oxygen atoms in total. The molecular formula is C36H45N3O6Si. The van der Waals surface area contributed by atoms with Crippen LogP contribution in [0.15, 0.2) is 107 Å². The Morgan fingerprint density at radius 3 is 2.07 bits per heavy atom. The van der Waals surface area contributed by atoms with Crippen LogP contribution in [0.3, 0.4) is 0 Å². The maximum absolute atomic E-state index is 13.7. The molecule has 2 heterocycles. The summed E-state index contributed by atoms with van der Waals surface area (Å²) < 4.78 is 22.0. The number of aliphatic hydroxyl groups is 1. The van der Waals surface area contributed by atoms with Gasteiger partial charge in [-0.25, -0.2) is 9.36 Å². The van der Waals surface area contributed by atoms with Crippen molar-refractivity contribution in [3.8, 4) is 0 Å². The summed E-state index contributed by atoms with van der Waals surface area (Å²) in [6.45, 7) is 8.57. The number of aryl methyl sites for hydroxylation is 1. The zero-order valence-corrected chi connectivity index (χ0v) is 28.0. The predicted octanol–water partition coefficient (Wildman–Crippen LogP) is 3.29. The Morgan fingerprint density at radius 1 is 0.957 bits per heavy atom. The molecule has 3 N–H and O–H groups in total. The normalized spacial score (nSPS) is 19.3. The molecule has 46 heavy (non-hydrogen) atoms. The molecule has 10 heteroatoms. The third-order valence-corrected chi connectivity index (χ3v) is 13.9. The molecule has 4 atom stereocenters. The molecule has 1 aliphatic heterocycles. The minimum atomic E-state index is -2.90. The number of hydrogen-bond acceptors (Lipinski definition) is 7. The summed E-state index contributed by atoms with van der Waals surface area (Å²) in [4.78, 5) is 26.7. The first-order chi connectivity index (χ1) is 22.1. The molecule has 4 aromatic rings. The van der Waals surface area contributed by atoms with E-state index in [4.69, 9.17) is 19.6 Å². The van der Waals surface area contributed by atoms with E-state index in [-0.39, 0.29) is 31.5 Å². The van der Waals surface area contributed by atoms with Crippen LogP contribution >= 0.6 is 0 Å². The minimum absolute atomic E-state index is 0.0389. The van der Waals surface area contributed by atoms with Crippen molar-refractivity contribution >= 4 is 18.7 Å². The number of benzene rings is 3. The second-order valence-electron chi connectivity index (χ2n) is 13.0. The number of aromatic nitrogens is 2. The zero-order valence-electron chi connectivity index (χ0n) is 27.0. The van der Waals surface area contributed by atoms with Gasteiger partial charge in [-0.3, -0.25) is 9.36 Å². The second kappa shape index (κ2) is 14.4. The number of ether oxygens (including phenoxy) is 2. The molecule has 0 bridgehead atoms. The van der Waals surface area contributed by atoms with Gasteiger partial charge in [0.1, 0.15) is 13.0 Å². The molecular weight excluding hydrogens is 598 g/mol. The summed E-state index contributed by atoms with van der Waals surface area (Å²) in [5, 5.41) is 13.1. The van der Waals surface area contributed by atoms with Crippen LogP contribution in [0, 0.1) is 12.8 Å². The van der Waals surface area contributed by atoms with E-state index in [1.54, 1.807) is 6.92 Å². The molecule has 3 aromatic carbocycles. The van der Waals surface area contributed by atoms with E-state index in [1.165, 1.54) is 10.8 Å². The topological polar surface area (TPSA) is 118 Å². The second-order valence-corrected chi connectivity index (χ2v) is 17.3. The molecule has 0 radical (unpaired) electrons. The van der Waals surface area contributed by atoms with Crippen molar-refractivity contribution in [2.75, 3.05) is 13.2 Å². The molecule has 0 amide bonds. The molecule has 5 rings (SSSR count). The number of nitrogens with two attached hydrogens (primary N) is 1. The fourth-order valence-electron chi connectivity index (χ4n) is 6.54. The standard InChI is InChI=1S/C36H45N3O6Si/c1-26-22-38(35(42)39(34(26)41)25-43-23-27-14-8-5-9-15-27)33-20-30(31(40)21-37)32(45-33)24-44-46(36(2,3)4,28-16-10-6-11-17-28)29-18-12-7-13-19-29/h5-19,22,30-33,40H,20-21,23-25,37H2,1-4H3/t30-,31?,32-,33-/m1/s1. The van der Waals surface area contributed by atoms with Crippen LogP contribution in [0.2, 0.25) is 5.04 Å². The zero-order chi connectivity index (χ0) is 32.9. The molecule has 1 aliphatic rings. The maximum atomic E-state index is 13.7. The third kappa shape index (κ3) is 6.87. The van der Waals surface area contributed by atoms with Crippen LogP contribution in [0.5, 0.6) is 0 Å². The maximum Gasteiger partial charge on any atom is 0.335 e. The Kier molecular flexibility index (Phi) is 10.6. The first kappa shape index (κ1) is 33.7. The fraction of sp³-hybridized carbons (Fsp3) is 0.389. The molecule has 1 unspecified atom stereocenters. The Morgan fingerprint density at radius 2 is 1.52 bits per heavy atom. The predicted molar refractivity (Wildman–Crippen MR) is 182 cm³/mol. The van der Waals surface area contributed by atoms with E-state index in [0.717, 1.165) is 20.5 Å². The summed E-state index contributed by atoms with van der Waals surface area (Å²) >= 11 is 0. The molecule has 0 aliphatic carbocycles.